The average molecular weight is 559 g/mol. The Labute approximate surface area is 249 Å². The molecular formula is C38H26N2OS. The van der Waals surface area contributed by atoms with E-state index in [0.717, 1.165) is 50.2 Å². The van der Waals surface area contributed by atoms with Gasteiger partial charge in [0.05, 0.1) is 18.8 Å². The fourth-order valence-corrected chi connectivity index (χ4v) is 6.67. The lowest BCUT2D eigenvalue weighted by Gasteiger charge is -2.15. The zero-order chi connectivity index (χ0) is 28.2. The summed E-state index contributed by atoms with van der Waals surface area (Å²) < 4.78 is 15.3. The molecule has 4 heteroatoms. The van der Waals surface area contributed by atoms with Crippen molar-refractivity contribution in [3.8, 4) is 72.5 Å². The van der Waals surface area contributed by atoms with Crippen molar-refractivity contribution in [2.75, 3.05) is 7.11 Å². The molecule has 16 aliphatic rings. The van der Waals surface area contributed by atoms with Crippen molar-refractivity contribution in [2.24, 2.45) is 0 Å². The summed E-state index contributed by atoms with van der Waals surface area (Å²) in [6, 6.07) is 43.8. The quantitative estimate of drug-likeness (QED) is 0.201. The van der Waals surface area contributed by atoms with Gasteiger partial charge in [0.2, 0.25) is 0 Å². The van der Waals surface area contributed by atoms with E-state index >= 15 is 0 Å². The number of ether oxygens (including phenoxy) is 1. The minimum atomic E-state index is 0.871. The maximum atomic E-state index is 5.90. The van der Waals surface area contributed by atoms with Crippen LogP contribution in [0, 0.1) is 6.92 Å². The minimum absolute atomic E-state index is 0.871. The number of aromatic nitrogens is 2. The van der Waals surface area contributed by atoms with Crippen LogP contribution >= 0.6 is 11.7 Å². The van der Waals surface area contributed by atoms with Crippen LogP contribution in [0.5, 0.6) is 5.75 Å². The number of methoxy groups -OCH3 is 1. The van der Waals surface area contributed by atoms with Gasteiger partial charge in [-0.1, -0.05) is 109 Å². The van der Waals surface area contributed by atoms with Crippen molar-refractivity contribution in [1.29, 1.82) is 0 Å². The molecule has 200 valence electrons. The summed E-state index contributed by atoms with van der Waals surface area (Å²) in [7, 11) is 1.75. The summed E-state index contributed by atoms with van der Waals surface area (Å²) in [5.74, 6) is 0.871. The Kier molecular flexibility index (Phi) is 5.76. The van der Waals surface area contributed by atoms with E-state index in [0.29, 0.717) is 0 Å². The van der Waals surface area contributed by atoms with E-state index < -0.39 is 0 Å². The van der Waals surface area contributed by atoms with Crippen LogP contribution in [0.15, 0.2) is 121 Å². The van der Waals surface area contributed by atoms with Crippen LogP contribution in [0.1, 0.15) is 5.56 Å². The predicted octanol–water partition coefficient (Wildman–Crippen LogP) is 10.3. The van der Waals surface area contributed by atoms with Crippen molar-refractivity contribution in [3.63, 3.8) is 0 Å². The van der Waals surface area contributed by atoms with Crippen LogP contribution in [0.4, 0.5) is 0 Å². The van der Waals surface area contributed by atoms with Gasteiger partial charge in [0, 0.05) is 16.7 Å². The van der Waals surface area contributed by atoms with Crippen LogP contribution in [0.3, 0.4) is 0 Å². The monoisotopic (exact) mass is 558 g/mol. The Hall–Kier alpha value is -5.06. The molecule has 6 aromatic carbocycles. The third-order valence-corrected chi connectivity index (χ3v) is 8.94. The van der Waals surface area contributed by atoms with Gasteiger partial charge in [-0.2, -0.15) is 8.75 Å². The highest BCUT2D eigenvalue weighted by molar-refractivity contribution is 7.00. The zero-order valence-corrected chi connectivity index (χ0v) is 24.1. The van der Waals surface area contributed by atoms with E-state index in [2.05, 4.69) is 128 Å². The van der Waals surface area contributed by atoms with E-state index in [1.807, 2.05) is 0 Å². The van der Waals surface area contributed by atoms with Gasteiger partial charge >= 0.3 is 0 Å². The SMILES string of the molecule is COc1cc2c(C)cc1-c1ccc(cc1)-c1ccc(cc1)-c1ccc(c3nsnc13)-c1ccc(cc1)-c1ccc-2cc1. The highest BCUT2D eigenvalue weighted by Crippen LogP contribution is 2.39. The molecule has 16 aliphatic carbocycles. The third kappa shape index (κ3) is 4.03. The summed E-state index contributed by atoms with van der Waals surface area (Å²) in [5, 5.41) is 0. The van der Waals surface area contributed by atoms with E-state index in [-0.39, 0.29) is 0 Å². The normalized spacial score (nSPS) is 11.6. The van der Waals surface area contributed by atoms with Gasteiger partial charge in [-0.25, -0.2) is 0 Å². The lowest BCUT2D eigenvalue weighted by molar-refractivity contribution is 0.416. The standard InChI is InChI=1S/C38H26N2OS/c1-23-21-35-31-17-9-27(10-18-31)25-5-13-29(14-6-25)33-20-19-32(37-38(33)40-42-39-37)28-11-3-24(4-12-28)26-7-15-30(16-8-26)34(23)22-36(35)41-2/h3-22H,1-2H3. The molecule has 42 heavy (non-hydrogen) atoms. The van der Waals surface area contributed by atoms with E-state index in [4.69, 9.17) is 13.5 Å². The Morgan fingerprint density at radius 1 is 0.429 bits per heavy atom. The maximum absolute atomic E-state index is 5.90. The fraction of sp³-hybridized carbons (Fsp3) is 0.0526. The molecule has 0 N–H and O–H groups in total. The Bertz CT molecular complexity index is 2090. The molecule has 0 aliphatic heterocycles. The van der Waals surface area contributed by atoms with Crippen LogP contribution in [-0.4, -0.2) is 15.9 Å². The van der Waals surface area contributed by atoms with Crippen molar-refractivity contribution in [1.82, 2.24) is 8.75 Å². The number of hydrogen-bond acceptors (Lipinski definition) is 4. The Morgan fingerprint density at radius 2 is 0.786 bits per heavy atom. The predicted molar refractivity (Wildman–Crippen MR) is 175 cm³/mol. The number of rotatable bonds is 1. The first-order valence-electron chi connectivity index (χ1n) is 14.0. The molecule has 3 nitrogen and oxygen atoms in total. The smallest absolute Gasteiger partial charge is 0.127 e. The molecule has 7 aromatic rings. The van der Waals surface area contributed by atoms with Crippen LogP contribution in [0.25, 0.3) is 77.8 Å². The molecule has 0 radical (unpaired) electrons. The Balaban J connectivity index is 1.33. The second-order valence-corrected chi connectivity index (χ2v) is 11.3. The van der Waals surface area contributed by atoms with Crippen LogP contribution in [-0.2, 0) is 0 Å². The lowest BCUT2D eigenvalue weighted by atomic mass is 9.92. The van der Waals surface area contributed by atoms with E-state index in [1.165, 1.54) is 50.7 Å². The van der Waals surface area contributed by atoms with E-state index in [9.17, 15) is 0 Å². The first kappa shape index (κ1) is 24.7. The zero-order valence-electron chi connectivity index (χ0n) is 23.3. The second-order valence-electron chi connectivity index (χ2n) is 10.8. The molecule has 1 aromatic heterocycles. The van der Waals surface area contributed by atoms with Gasteiger partial charge in [-0.05, 0) is 74.7 Å². The molecule has 0 saturated heterocycles. The summed E-state index contributed by atoms with van der Waals surface area (Å²) in [6.07, 6.45) is 0. The molecule has 12 bridgehead atoms. The van der Waals surface area contributed by atoms with Gasteiger partial charge in [-0.15, -0.1) is 0 Å². The van der Waals surface area contributed by atoms with Gasteiger partial charge in [0.1, 0.15) is 16.8 Å². The highest BCUT2D eigenvalue weighted by Gasteiger charge is 2.15. The summed E-state index contributed by atoms with van der Waals surface area (Å²) >= 11 is 1.27. The van der Waals surface area contributed by atoms with Crippen molar-refractivity contribution >= 4 is 22.8 Å². The molecule has 1 heterocycles. The van der Waals surface area contributed by atoms with Gasteiger partial charge in [-0.3, -0.25) is 0 Å². The summed E-state index contributed by atoms with van der Waals surface area (Å²) in [5.41, 5.74) is 16.8. The molecule has 0 fully saturated rings. The van der Waals surface area contributed by atoms with Crippen LogP contribution < -0.4 is 4.74 Å². The van der Waals surface area contributed by atoms with Gasteiger partial charge in [0.15, 0.2) is 0 Å². The highest BCUT2D eigenvalue weighted by atomic mass is 32.1. The third-order valence-electron chi connectivity index (χ3n) is 8.41. The second kappa shape index (κ2) is 9.79. The first-order valence-corrected chi connectivity index (χ1v) is 14.8. The number of benzene rings is 6. The first-order chi connectivity index (χ1) is 20.7. The molecule has 0 atom stereocenters. The molecule has 0 spiro atoms. The van der Waals surface area contributed by atoms with Gasteiger partial charge < -0.3 is 4.74 Å². The summed E-state index contributed by atoms with van der Waals surface area (Å²) in [6.45, 7) is 2.17. The van der Waals surface area contributed by atoms with Crippen molar-refractivity contribution in [3.05, 3.63) is 127 Å². The maximum Gasteiger partial charge on any atom is 0.127 e. The number of nitrogens with zero attached hydrogens (tertiary/aromatic N) is 2. The Morgan fingerprint density at radius 3 is 1.19 bits per heavy atom. The number of hydrogen-bond donors (Lipinski definition) is 0. The molecule has 0 unspecified atom stereocenters. The van der Waals surface area contributed by atoms with Gasteiger partial charge in [0.25, 0.3) is 0 Å². The lowest BCUT2D eigenvalue weighted by Crippen LogP contribution is -1.93. The molecular weight excluding hydrogens is 532 g/mol. The topological polar surface area (TPSA) is 35.0 Å². The van der Waals surface area contributed by atoms with Crippen molar-refractivity contribution in [2.45, 2.75) is 6.92 Å². The van der Waals surface area contributed by atoms with Crippen molar-refractivity contribution < 1.29 is 4.74 Å². The van der Waals surface area contributed by atoms with E-state index in [1.54, 1.807) is 7.11 Å². The molecule has 0 amide bonds. The molecule has 0 saturated carbocycles. The average Bonchev–Trinajstić information content (AvgIpc) is 3.55. The number of aryl methyl sites for hydroxylation is 1. The molecule has 23 rings (SSSR count). The van der Waals surface area contributed by atoms with Crippen LogP contribution in [0.2, 0.25) is 0 Å². The largest absolute Gasteiger partial charge is 0.496 e. The fourth-order valence-electron chi connectivity index (χ4n) is 6.09. The summed E-state index contributed by atoms with van der Waals surface area (Å²) in [4.78, 5) is 0. The minimum Gasteiger partial charge on any atom is -0.496 e.